The van der Waals surface area contributed by atoms with E-state index in [1.54, 1.807) is 0 Å². The van der Waals surface area contributed by atoms with Gasteiger partial charge in [-0.05, 0) is 53.3 Å². The van der Waals surface area contributed by atoms with E-state index in [0.717, 1.165) is 20.0 Å². The van der Waals surface area contributed by atoms with E-state index in [2.05, 4.69) is 74.6 Å². The van der Waals surface area contributed by atoms with Gasteiger partial charge >= 0.3 is 0 Å². The molecule has 1 fully saturated rings. The molecular weight excluding hydrogens is 234 g/mol. The number of nitrogens with zero attached hydrogens (tertiary/aromatic N) is 3. The summed E-state index contributed by atoms with van der Waals surface area (Å²) in [5, 5.41) is 0. The summed E-state index contributed by atoms with van der Waals surface area (Å²) >= 11 is 0. The lowest BCUT2D eigenvalue weighted by Gasteiger charge is -2.47. The zero-order valence-corrected chi connectivity index (χ0v) is 13.2. The fourth-order valence-corrected chi connectivity index (χ4v) is 2.66. The zero-order chi connectivity index (χ0) is 14.2. The Morgan fingerprint density at radius 1 is 1.00 bits per heavy atom. The van der Waals surface area contributed by atoms with Crippen LogP contribution in [0.2, 0.25) is 0 Å². The molecular formula is C16H27N3. The van der Waals surface area contributed by atoms with Crippen LogP contribution >= 0.6 is 0 Å². The molecule has 0 saturated carbocycles. The average Bonchev–Trinajstić information content (AvgIpc) is 2.26. The van der Waals surface area contributed by atoms with Crippen LogP contribution in [-0.2, 0) is 0 Å². The van der Waals surface area contributed by atoms with Crippen molar-refractivity contribution in [1.29, 1.82) is 0 Å². The maximum atomic E-state index is 2.51. The minimum absolute atomic E-state index is 0.200. The fraction of sp³-hybridized carbons (Fsp3) is 0.625. The van der Waals surface area contributed by atoms with E-state index in [4.69, 9.17) is 0 Å². The molecule has 3 heteroatoms. The molecule has 0 spiro atoms. The van der Waals surface area contributed by atoms with Gasteiger partial charge in [0.15, 0.2) is 0 Å². The Morgan fingerprint density at radius 2 is 1.68 bits per heavy atom. The average molecular weight is 261 g/mol. The van der Waals surface area contributed by atoms with Crippen LogP contribution in [0, 0.1) is 13.8 Å². The molecule has 2 rings (SSSR count). The lowest BCUT2D eigenvalue weighted by Crippen LogP contribution is -2.59. The summed E-state index contributed by atoms with van der Waals surface area (Å²) in [5.41, 5.74) is 4.25. The minimum atomic E-state index is 0.200. The second-order valence-electron chi connectivity index (χ2n) is 6.82. The van der Waals surface area contributed by atoms with E-state index in [9.17, 15) is 0 Å². The monoisotopic (exact) mass is 261 g/mol. The van der Waals surface area contributed by atoms with Crippen molar-refractivity contribution in [1.82, 2.24) is 9.80 Å². The van der Waals surface area contributed by atoms with Crippen LogP contribution in [0.4, 0.5) is 5.69 Å². The number of rotatable bonds is 1. The first kappa shape index (κ1) is 14.4. The van der Waals surface area contributed by atoms with Crippen LogP contribution in [0.3, 0.4) is 0 Å². The molecule has 1 aromatic rings. The molecule has 1 saturated heterocycles. The third kappa shape index (κ3) is 3.28. The smallest absolute Gasteiger partial charge is 0.0735 e. The molecule has 3 nitrogen and oxygen atoms in total. The van der Waals surface area contributed by atoms with Crippen LogP contribution in [0.15, 0.2) is 18.2 Å². The summed E-state index contributed by atoms with van der Waals surface area (Å²) in [6.07, 6.45) is 0. The zero-order valence-electron chi connectivity index (χ0n) is 13.2. The molecule has 1 aliphatic rings. The van der Waals surface area contributed by atoms with E-state index in [1.165, 1.54) is 16.8 Å². The van der Waals surface area contributed by atoms with Gasteiger partial charge in [0.2, 0.25) is 0 Å². The van der Waals surface area contributed by atoms with Gasteiger partial charge in [-0.1, -0.05) is 17.7 Å². The van der Waals surface area contributed by atoms with Crippen LogP contribution in [0.25, 0.3) is 0 Å². The molecule has 0 N–H and O–H groups in total. The molecule has 1 heterocycles. The van der Waals surface area contributed by atoms with E-state index in [-0.39, 0.29) is 5.54 Å². The Labute approximate surface area is 117 Å². The van der Waals surface area contributed by atoms with E-state index in [0.29, 0.717) is 0 Å². The number of hydrogen-bond donors (Lipinski definition) is 0. The SMILES string of the molecule is Cc1ccc(N2CN(C)CN(C(C)(C)C)C2)c(C)c1. The normalized spacial score (nSPS) is 18.9. The summed E-state index contributed by atoms with van der Waals surface area (Å²) in [7, 11) is 2.19. The molecule has 106 valence electrons. The highest BCUT2D eigenvalue weighted by Gasteiger charge is 2.29. The first-order valence-corrected chi connectivity index (χ1v) is 7.03. The summed E-state index contributed by atoms with van der Waals surface area (Å²) in [6, 6.07) is 6.73. The van der Waals surface area contributed by atoms with Crippen molar-refractivity contribution in [3.8, 4) is 0 Å². The lowest BCUT2D eigenvalue weighted by molar-refractivity contribution is 0.0361. The molecule has 19 heavy (non-hydrogen) atoms. The van der Waals surface area contributed by atoms with E-state index < -0.39 is 0 Å². The quantitative estimate of drug-likeness (QED) is 0.769. The Kier molecular flexibility index (Phi) is 3.88. The molecule has 1 aliphatic heterocycles. The molecule has 0 aromatic heterocycles. The standard InChI is InChI=1S/C16H27N3/c1-13-7-8-15(14(2)9-13)18-10-17(6)11-19(12-18)16(3,4)5/h7-9H,10-12H2,1-6H3. The maximum Gasteiger partial charge on any atom is 0.0735 e. The fourth-order valence-electron chi connectivity index (χ4n) is 2.66. The van der Waals surface area contributed by atoms with Gasteiger partial charge in [-0.15, -0.1) is 0 Å². The molecule has 0 radical (unpaired) electrons. The predicted octanol–water partition coefficient (Wildman–Crippen LogP) is 3.03. The van der Waals surface area contributed by atoms with Gasteiger partial charge < -0.3 is 4.90 Å². The van der Waals surface area contributed by atoms with E-state index in [1.807, 2.05) is 0 Å². The molecule has 0 aliphatic carbocycles. The van der Waals surface area contributed by atoms with Crippen molar-refractivity contribution in [3.63, 3.8) is 0 Å². The largest absolute Gasteiger partial charge is 0.345 e. The van der Waals surface area contributed by atoms with Crippen molar-refractivity contribution in [2.24, 2.45) is 0 Å². The highest BCUT2D eigenvalue weighted by atomic mass is 15.5. The molecule has 0 unspecified atom stereocenters. The summed E-state index contributed by atoms with van der Waals surface area (Å²) in [5.74, 6) is 0. The van der Waals surface area contributed by atoms with Gasteiger partial charge in [0.25, 0.3) is 0 Å². The van der Waals surface area contributed by atoms with Crippen molar-refractivity contribution < 1.29 is 0 Å². The highest BCUT2D eigenvalue weighted by molar-refractivity contribution is 5.54. The molecule has 0 atom stereocenters. The minimum Gasteiger partial charge on any atom is -0.345 e. The van der Waals surface area contributed by atoms with Crippen molar-refractivity contribution in [3.05, 3.63) is 29.3 Å². The third-order valence-electron chi connectivity index (χ3n) is 3.81. The number of aryl methyl sites for hydroxylation is 2. The summed E-state index contributed by atoms with van der Waals surface area (Å²) < 4.78 is 0. The second kappa shape index (κ2) is 5.14. The van der Waals surface area contributed by atoms with Crippen molar-refractivity contribution in [2.75, 3.05) is 32.0 Å². The third-order valence-corrected chi connectivity index (χ3v) is 3.81. The highest BCUT2D eigenvalue weighted by Crippen LogP contribution is 2.26. The second-order valence-corrected chi connectivity index (χ2v) is 6.82. The van der Waals surface area contributed by atoms with Crippen LogP contribution in [-0.4, -0.2) is 42.4 Å². The van der Waals surface area contributed by atoms with Gasteiger partial charge in [0, 0.05) is 11.2 Å². The van der Waals surface area contributed by atoms with E-state index >= 15 is 0 Å². The summed E-state index contributed by atoms with van der Waals surface area (Å²) in [6.45, 7) is 14.2. The molecule has 0 amide bonds. The topological polar surface area (TPSA) is 9.72 Å². The van der Waals surface area contributed by atoms with Gasteiger partial charge in [0.1, 0.15) is 0 Å². The van der Waals surface area contributed by atoms with Gasteiger partial charge in [-0.25, -0.2) is 0 Å². The maximum absolute atomic E-state index is 2.51. The van der Waals surface area contributed by atoms with Gasteiger partial charge in [-0.3, -0.25) is 9.80 Å². The summed E-state index contributed by atoms with van der Waals surface area (Å²) in [4.78, 5) is 7.34. The first-order valence-electron chi connectivity index (χ1n) is 7.03. The predicted molar refractivity (Wildman–Crippen MR) is 82.4 cm³/mol. The Bertz CT molecular complexity index is 448. The molecule has 1 aromatic carbocycles. The van der Waals surface area contributed by atoms with Crippen molar-refractivity contribution >= 4 is 5.69 Å². The molecule has 0 bridgehead atoms. The van der Waals surface area contributed by atoms with Gasteiger partial charge in [0.05, 0.1) is 20.0 Å². The Balaban J connectivity index is 2.24. The number of benzene rings is 1. The lowest BCUT2D eigenvalue weighted by atomic mass is 10.1. The van der Waals surface area contributed by atoms with Crippen LogP contribution in [0.1, 0.15) is 31.9 Å². The van der Waals surface area contributed by atoms with Crippen LogP contribution in [0.5, 0.6) is 0 Å². The van der Waals surface area contributed by atoms with Gasteiger partial charge in [-0.2, -0.15) is 0 Å². The number of anilines is 1. The first-order chi connectivity index (χ1) is 8.77. The van der Waals surface area contributed by atoms with Crippen molar-refractivity contribution in [2.45, 2.75) is 40.2 Å². The van der Waals surface area contributed by atoms with Crippen LogP contribution < -0.4 is 4.90 Å². The Morgan fingerprint density at radius 3 is 2.26 bits per heavy atom. The Hall–Kier alpha value is -1.06. The number of hydrogen-bond acceptors (Lipinski definition) is 3.